The summed E-state index contributed by atoms with van der Waals surface area (Å²) >= 11 is 0. The molecule has 0 saturated heterocycles. The van der Waals surface area contributed by atoms with Gasteiger partial charge in [-0.1, -0.05) is 425 Å². The molecule has 0 amide bonds. The molecule has 0 aliphatic heterocycles. The molecule has 6 aliphatic rings. The van der Waals surface area contributed by atoms with Gasteiger partial charge in [0.05, 0.1) is 0 Å². The number of benzene rings is 15. The Morgan fingerprint density at radius 3 is 0.842 bits per heavy atom. The lowest BCUT2D eigenvalue weighted by Crippen LogP contribution is -2.25. The van der Waals surface area contributed by atoms with Crippen molar-refractivity contribution >= 4 is 60.9 Å². The van der Waals surface area contributed by atoms with Gasteiger partial charge in [0.25, 0.3) is 0 Å². The van der Waals surface area contributed by atoms with Crippen molar-refractivity contribution in [3.63, 3.8) is 0 Å². The van der Waals surface area contributed by atoms with E-state index in [-0.39, 0.29) is 21.7 Å². The summed E-state index contributed by atoms with van der Waals surface area (Å²) in [5.41, 5.74) is 48.8. The molecule has 0 spiro atoms. The molecule has 15 aromatic carbocycles. The van der Waals surface area contributed by atoms with Crippen molar-refractivity contribution in [3.8, 4) is 111 Å². The van der Waals surface area contributed by atoms with Crippen molar-refractivity contribution in [2.24, 2.45) is 0 Å². The third kappa shape index (κ3) is 14.9. The second-order valence-corrected chi connectivity index (χ2v) is 44.8. The number of rotatable bonds is 35. The molecule has 23 rings (SSSR count). The molecule has 2 heterocycles. The number of hydrogen-bond acceptors (Lipinski definition) is 3. The van der Waals surface area contributed by atoms with Crippen LogP contribution in [0.3, 0.4) is 0 Å². The van der Waals surface area contributed by atoms with E-state index in [9.17, 15) is 0 Å². The minimum absolute atomic E-state index is 0.0204. The van der Waals surface area contributed by atoms with Crippen LogP contribution in [0.15, 0.2) is 294 Å². The van der Waals surface area contributed by atoms with E-state index in [0.717, 1.165) is 50.2 Å². The molecule has 3 heteroatoms. The van der Waals surface area contributed by atoms with Crippen molar-refractivity contribution in [1.29, 1.82) is 0 Å². The SMILES string of the molecule is CCCCCCCCC1(CCCCCCCC)c2ccccc2-c2ccc(-c3ccc4c(c3)C(C)(C)c3cc(-c5cc6c(c7oc8ccccc8c57)-c5ccc(N(c7ccccc7)c7ccc8c(c7)C(C)(C)c7cc(-c9ccc%10c(c9)C(C)(C)c9cc(-c%11ccc%12c(c%11)C(CCCCCCCC)(CCCCCCCC)c%11ccccc%11-%12)ccc9-%10)c9c(oc%10ccccc%109)c7-8)cc5C6(C)C)ccc3-4)cc21. The highest BCUT2D eigenvalue weighted by Gasteiger charge is 2.48. The maximum Gasteiger partial charge on any atom is 0.144 e. The largest absolute Gasteiger partial charge is 0.455 e. The Labute approximate surface area is 827 Å². The Bertz CT molecular complexity index is 7180. The number of unbranched alkanes of at least 4 members (excludes halogenated alkanes) is 20. The highest BCUT2D eigenvalue weighted by molar-refractivity contribution is 6.20. The highest BCUT2D eigenvalue weighted by atomic mass is 16.3. The third-order valence-electron chi connectivity index (χ3n) is 35.1. The number of fused-ring (bicyclic) bond motifs is 26. The lowest BCUT2D eigenvalue weighted by molar-refractivity contribution is 0.398. The van der Waals surface area contributed by atoms with Crippen LogP contribution in [-0.2, 0) is 32.5 Å². The van der Waals surface area contributed by atoms with Gasteiger partial charge in [0, 0.05) is 82.2 Å². The fraction of sp³-hybridized carbons (Fsp3) is 0.338. The Morgan fingerprint density at radius 2 is 0.475 bits per heavy atom. The molecule has 2 aromatic heterocycles. The number of hydrogen-bond donors (Lipinski definition) is 0. The van der Waals surface area contributed by atoms with Crippen molar-refractivity contribution < 1.29 is 8.83 Å². The van der Waals surface area contributed by atoms with E-state index >= 15 is 0 Å². The quantitative estimate of drug-likeness (QED) is 0.0371. The van der Waals surface area contributed by atoms with E-state index in [2.05, 4.69) is 373 Å². The average molecular weight is 1820 g/mol. The van der Waals surface area contributed by atoms with Gasteiger partial charge >= 0.3 is 0 Å². The van der Waals surface area contributed by atoms with Gasteiger partial charge in [0.15, 0.2) is 0 Å². The average Bonchev–Trinajstić information content (AvgIpc) is 1.55. The lowest BCUT2D eigenvalue weighted by atomic mass is 9.70. The van der Waals surface area contributed by atoms with Crippen molar-refractivity contribution in [1.82, 2.24) is 0 Å². The molecule has 3 nitrogen and oxygen atoms in total. The predicted molar refractivity (Wildman–Crippen MR) is 592 cm³/mol. The number of nitrogens with zero attached hydrogens (tertiary/aromatic N) is 1. The molecule has 0 saturated carbocycles. The first kappa shape index (κ1) is 90.5. The van der Waals surface area contributed by atoms with Crippen LogP contribution in [0.5, 0.6) is 0 Å². The van der Waals surface area contributed by atoms with Gasteiger partial charge in [-0.3, -0.25) is 0 Å². The topological polar surface area (TPSA) is 29.5 Å². The van der Waals surface area contributed by atoms with E-state index in [4.69, 9.17) is 8.83 Å². The minimum Gasteiger partial charge on any atom is -0.455 e. The van der Waals surface area contributed by atoms with E-state index < -0.39 is 10.8 Å². The molecule has 139 heavy (non-hydrogen) atoms. The molecule has 0 unspecified atom stereocenters. The lowest BCUT2D eigenvalue weighted by Gasteiger charge is -2.33. The van der Waals surface area contributed by atoms with Crippen molar-refractivity contribution in [2.45, 2.75) is 295 Å². The summed E-state index contributed by atoms with van der Waals surface area (Å²) in [6, 6.07) is 112. The maximum atomic E-state index is 7.35. The zero-order valence-corrected chi connectivity index (χ0v) is 84.7. The third-order valence-corrected chi connectivity index (χ3v) is 35.1. The normalized spacial score (nSPS) is 15.3. The Balaban J connectivity index is 0.561. The number of anilines is 3. The molecule has 0 fully saturated rings. The summed E-state index contributed by atoms with van der Waals surface area (Å²) in [6.07, 6.45) is 36.4. The van der Waals surface area contributed by atoms with Crippen LogP contribution in [0.2, 0.25) is 0 Å². The van der Waals surface area contributed by atoms with Crippen molar-refractivity contribution in [2.75, 3.05) is 4.90 Å². The molecular formula is C136H139NO2. The molecular weight excluding hydrogens is 1680 g/mol. The van der Waals surface area contributed by atoms with Crippen LogP contribution in [0.1, 0.15) is 330 Å². The van der Waals surface area contributed by atoms with Gasteiger partial charge in [-0.2, -0.15) is 0 Å². The van der Waals surface area contributed by atoms with Crippen LogP contribution >= 0.6 is 0 Å². The minimum atomic E-state index is -0.416. The van der Waals surface area contributed by atoms with E-state index in [0.29, 0.717) is 0 Å². The standard InChI is InChI=1S/C136H139NO2/c1-13-17-21-25-29-44-74-135(75-45-30-26-22-18-14-2)111-54-40-36-50-97(111)103-68-60-90(80-119(103)135)88-58-66-99-101-70-62-92(82-115(101)131(5,6)113(99)78-88)109-86-121-127(129-125(109)107-52-38-42-56-123(107)138-129)105-72-64-95(84-117(105)133(121,9)10)137(94-48-34-33-35-49-94)96-65-73-106-118(85-96)134(11,12)122-87-110(126-108-53-39-43-57-124(108)139-130(126)128(106)122)93-63-71-102-100-67-59-89(79-114(100)132(7,8)116(102)83-93)91-61-69-104-98-51-37-41-55-112(98)136(120(104)81-91,76-46-31-27-23-19-15-3)77-47-32-28-24-20-16-4/h33-43,48-73,78-87H,13-32,44-47,74-77H2,1-12H3. The van der Waals surface area contributed by atoms with Crippen LogP contribution in [0.25, 0.3) is 155 Å². The molecule has 0 radical (unpaired) electrons. The summed E-state index contributed by atoms with van der Waals surface area (Å²) in [5, 5.41) is 4.63. The van der Waals surface area contributed by atoms with Gasteiger partial charge in [-0.05, 0) is 290 Å². The monoisotopic (exact) mass is 1820 g/mol. The predicted octanol–water partition coefficient (Wildman–Crippen LogP) is 40.4. The Morgan fingerprint density at radius 1 is 0.201 bits per heavy atom. The first-order valence-corrected chi connectivity index (χ1v) is 54.0. The molecule has 17 aromatic rings. The second-order valence-electron chi connectivity index (χ2n) is 44.8. The molecule has 700 valence electrons. The molecule has 0 atom stereocenters. The second kappa shape index (κ2) is 36.1. The fourth-order valence-electron chi connectivity index (χ4n) is 27.5. The molecule has 6 aliphatic carbocycles. The van der Waals surface area contributed by atoms with Crippen LogP contribution in [0.4, 0.5) is 17.1 Å². The van der Waals surface area contributed by atoms with E-state index in [1.165, 1.54) is 346 Å². The zero-order chi connectivity index (χ0) is 94.9. The Hall–Kier alpha value is -12.3. The summed E-state index contributed by atoms with van der Waals surface area (Å²) in [4.78, 5) is 2.50. The zero-order valence-electron chi connectivity index (χ0n) is 84.7. The number of para-hydroxylation sites is 3. The molecule has 0 bridgehead atoms. The summed E-state index contributed by atoms with van der Waals surface area (Å²) in [5.74, 6) is 0. The van der Waals surface area contributed by atoms with E-state index in [1.54, 1.807) is 22.3 Å². The number of furan rings is 2. The summed E-state index contributed by atoms with van der Waals surface area (Å²) < 4.78 is 14.7. The van der Waals surface area contributed by atoms with Crippen LogP contribution in [-0.4, -0.2) is 0 Å². The highest BCUT2D eigenvalue weighted by Crippen LogP contribution is 2.64. The fourth-order valence-corrected chi connectivity index (χ4v) is 27.5. The first-order chi connectivity index (χ1) is 67.8. The van der Waals surface area contributed by atoms with Gasteiger partial charge < -0.3 is 13.7 Å². The summed E-state index contributed by atoms with van der Waals surface area (Å²) in [6.45, 7) is 29.0. The van der Waals surface area contributed by atoms with Gasteiger partial charge in [0.2, 0.25) is 0 Å². The maximum absolute atomic E-state index is 7.35. The van der Waals surface area contributed by atoms with Gasteiger partial charge in [0.1, 0.15) is 22.3 Å². The van der Waals surface area contributed by atoms with Crippen LogP contribution < -0.4 is 4.90 Å². The molecule has 0 N–H and O–H groups in total. The van der Waals surface area contributed by atoms with Gasteiger partial charge in [-0.15, -0.1) is 0 Å². The Kier molecular flexibility index (Phi) is 23.5. The van der Waals surface area contributed by atoms with E-state index in [1.807, 2.05) is 0 Å². The summed E-state index contributed by atoms with van der Waals surface area (Å²) in [7, 11) is 0. The van der Waals surface area contributed by atoms with Gasteiger partial charge in [-0.25, -0.2) is 0 Å². The smallest absolute Gasteiger partial charge is 0.144 e. The van der Waals surface area contributed by atoms with Crippen molar-refractivity contribution in [3.05, 3.63) is 352 Å². The first-order valence-electron chi connectivity index (χ1n) is 54.0. The van der Waals surface area contributed by atoms with Crippen LogP contribution in [0, 0.1) is 0 Å².